The maximum absolute atomic E-state index is 12.6. The zero-order chi connectivity index (χ0) is 19.5. The molecule has 0 aromatic carbocycles. The molecule has 1 spiro atoms. The van der Waals surface area contributed by atoms with Gasteiger partial charge in [-0.25, -0.2) is 4.79 Å². The van der Waals surface area contributed by atoms with E-state index in [4.69, 9.17) is 4.74 Å². The van der Waals surface area contributed by atoms with Gasteiger partial charge in [-0.2, -0.15) is 11.9 Å². The van der Waals surface area contributed by atoms with Gasteiger partial charge in [0, 0.05) is 12.5 Å². The van der Waals surface area contributed by atoms with Gasteiger partial charge >= 0.3 is 5.97 Å². The van der Waals surface area contributed by atoms with Crippen molar-refractivity contribution in [3.8, 4) is 0 Å². The first-order valence-electron chi connectivity index (χ1n) is 10.4. The molecule has 2 bridgehead atoms. The van der Waals surface area contributed by atoms with Crippen molar-refractivity contribution in [1.82, 2.24) is 4.98 Å². The van der Waals surface area contributed by atoms with Crippen molar-refractivity contribution in [3.05, 3.63) is 46.8 Å². The average Bonchev–Trinajstić information content (AvgIpc) is 3.19. The number of methoxy groups -OCH3 is 1. The minimum Gasteiger partial charge on any atom is -0.667 e. The Balaban J connectivity index is 1.83. The SMILES string of the molecule is COCC1(O)C(C(=O)O)=C2CC3CCC4CC=CC15c1cc[n-]c1CC3(C)C245. The van der Waals surface area contributed by atoms with Gasteiger partial charge in [-0.15, -0.1) is 0 Å². The van der Waals surface area contributed by atoms with Crippen LogP contribution < -0.4 is 4.98 Å². The molecule has 1 aromatic heterocycles. The number of carbonyl (C=O) groups is 1. The van der Waals surface area contributed by atoms with E-state index in [1.165, 1.54) is 0 Å². The van der Waals surface area contributed by atoms with E-state index in [1.807, 2.05) is 12.3 Å². The van der Waals surface area contributed by atoms with Crippen LogP contribution in [0.5, 0.6) is 0 Å². The lowest BCUT2D eigenvalue weighted by molar-refractivity contribution is -0.157. The largest absolute Gasteiger partial charge is 0.667 e. The number of hydrogen-bond acceptors (Lipinski definition) is 3. The molecule has 6 unspecified atom stereocenters. The zero-order valence-electron chi connectivity index (χ0n) is 16.4. The first kappa shape index (κ1) is 17.0. The number of allylic oxidation sites excluding steroid dienone is 2. The van der Waals surface area contributed by atoms with Crippen LogP contribution in [0.1, 0.15) is 43.9 Å². The van der Waals surface area contributed by atoms with Crippen LogP contribution in [0.15, 0.2) is 35.6 Å². The Labute approximate surface area is 164 Å². The van der Waals surface area contributed by atoms with E-state index in [-0.39, 0.29) is 23.0 Å². The van der Waals surface area contributed by atoms with Gasteiger partial charge in [0.15, 0.2) is 0 Å². The van der Waals surface area contributed by atoms with Gasteiger partial charge < -0.3 is 19.9 Å². The topological polar surface area (TPSA) is 80.9 Å². The summed E-state index contributed by atoms with van der Waals surface area (Å²) in [5.41, 5.74) is 0.397. The van der Waals surface area contributed by atoms with Crippen molar-refractivity contribution in [3.63, 3.8) is 0 Å². The molecule has 2 fully saturated rings. The van der Waals surface area contributed by atoms with Crippen molar-refractivity contribution >= 4 is 5.97 Å². The predicted molar refractivity (Wildman–Crippen MR) is 102 cm³/mol. The first-order valence-corrected chi connectivity index (χ1v) is 10.4. The molecular formula is C23H26NO4-. The van der Waals surface area contributed by atoms with Crippen molar-refractivity contribution in [2.45, 2.75) is 50.0 Å². The highest BCUT2D eigenvalue weighted by Crippen LogP contribution is 2.84. The molecule has 1 aromatic rings. The van der Waals surface area contributed by atoms with Gasteiger partial charge in [0.1, 0.15) is 5.60 Å². The van der Waals surface area contributed by atoms with E-state index in [2.05, 4.69) is 24.1 Å². The van der Waals surface area contributed by atoms with Crippen LogP contribution in [0, 0.1) is 22.7 Å². The number of aliphatic hydroxyl groups is 1. The third kappa shape index (κ3) is 1.34. The molecule has 5 aliphatic rings. The molecule has 0 saturated heterocycles. The molecule has 2 saturated carbocycles. The highest BCUT2D eigenvalue weighted by molar-refractivity contribution is 5.94. The number of aliphatic carboxylic acids is 1. The van der Waals surface area contributed by atoms with Gasteiger partial charge in [0.25, 0.3) is 0 Å². The van der Waals surface area contributed by atoms with Gasteiger partial charge in [0.05, 0.1) is 17.6 Å². The second-order valence-corrected chi connectivity index (χ2v) is 9.78. The maximum atomic E-state index is 12.6. The van der Waals surface area contributed by atoms with Crippen molar-refractivity contribution in [2.24, 2.45) is 22.7 Å². The summed E-state index contributed by atoms with van der Waals surface area (Å²) in [5.74, 6) is -0.210. The Kier molecular flexibility index (Phi) is 2.94. The highest BCUT2D eigenvalue weighted by Gasteiger charge is 2.83. The number of carboxylic acids is 1. The first-order chi connectivity index (χ1) is 13.4. The number of rotatable bonds is 3. The fourth-order valence-corrected chi connectivity index (χ4v) is 8.83. The summed E-state index contributed by atoms with van der Waals surface area (Å²) in [6.07, 6.45) is 11.0. The molecule has 1 heterocycles. The third-order valence-corrected chi connectivity index (χ3v) is 9.29. The maximum Gasteiger partial charge on any atom is 0.334 e. The second-order valence-electron chi connectivity index (χ2n) is 9.78. The van der Waals surface area contributed by atoms with Gasteiger partial charge in [-0.1, -0.05) is 30.7 Å². The fourth-order valence-electron chi connectivity index (χ4n) is 8.83. The minimum absolute atomic E-state index is 0.0255. The Bertz CT molecular complexity index is 975. The quantitative estimate of drug-likeness (QED) is 0.788. The predicted octanol–water partition coefficient (Wildman–Crippen LogP) is 2.59. The van der Waals surface area contributed by atoms with Crippen LogP contribution in [0.2, 0.25) is 0 Å². The Morgan fingerprint density at radius 2 is 2.14 bits per heavy atom. The van der Waals surface area contributed by atoms with Gasteiger partial charge in [-0.3, -0.25) is 0 Å². The summed E-state index contributed by atoms with van der Waals surface area (Å²) < 4.78 is 5.51. The van der Waals surface area contributed by atoms with E-state index in [0.29, 0.717) is 11.8 Å². The highest BCUT2D eigenvalue weighted by atomic mass is 16.5. The summed E-state index contributed by atoms with van der Waals surface area (Å²) in [6, 6.07) is 2.02. The van der Waals surface area contributed by atoms with E-state index in [9.17, 15) is 15.0 Å². The zero-order valence-corrected chi connectivity index (χ0v) is 16.4. The van der Waals surface area contributed by atoms with Crippen molar-refractivity contribution < 1.29 is 19.7 Å². The average molecular weight is 380 g/mol. The lowest BCUT2D eigenvalue weighted by Crippen LogP contribution is -2.70. The van der Waals surface area contributed by atoms with Crippen LogP contribution >= 0.6 is 0 Å². The summed E-state index contributed by atoms with van der Waals surface area (Å²) in [6.45, 7) is 2.32. The number of ether oxygens (including phenoxy) is 1. The summed E-state index contributed by atoms with van der Waals surface area (Å²) in [7, 11) is 1.55. The lowest BCUT2D eigenvalue weighted by Gasteiger charge is -2.68. The minimum atomic E-state index is -1.59. The van der Waals surface area contributed by atoms with Crippen LogP contribution in [-0.4, -0.2) is 35.5 Å². The Morgan fingerprint density at radius 1 is 1.36 bits per heavy atom. The second kappa shape index (κ2) is 4.82. The molecule has 0 amide bonds. The molecule has 0 radical (unpaired) electrons. The molecule has 6 rings (SSSR count). The summed E-state index contributed by atoms with van der Waals surface area (Å²) in [5, 5.41) is 22.6. The van der Waals surface area contributed by atoms with Crippen LogP contribution in [0.4, 0.5) is 0 Å². The smallest absolute Gasteiger partial charge is 0.334 e. The third-order valence-electron chi connectivity index (χ3n) is 9.29. The monoisotopic (exact) mass is 380 g/mol. The molecule has 28 heavy (non-hydrogen) atoms. The molecule has 5 heteroatoms. The van der Waals surface area contributed by atoms with Crippen LogP contribution in [-0.2, 0) is 21.4 Å². The standard InChI is InChI=1S/C23H26NO4/c1-20-11-17-15(7-9-24-17)21-8-3-4-13-5-6-14(20)10-16(23(13,20)21)18(19(25)26)22(21,27)12-28-2/h3,7-9,13-14,27H,4-6,10-12H2,1-2H3,(H,25,26)/q-1. The molecule has 148 valence electrons. The van der Waals surface area contributed by atoms with Crippen molar-refractivity contribution in [1.29, 1.82) is 0 Å². The molecule has 6 atom stereocenters. The molecule has 2 N–H and O–H groups in total. The number of hydrogen-bond donors (Lipinski definition) is 2. The van der Waals surface area contributed by atoms with E-state index in [1.54, 1.807) is 7.11 Å². The van der Waals surface area contributed by atoms with Crippen molar-refractivity contribution in [2.75, 3.05) is 13.7 Å². The van der Waals surface area contributed by atoms with E-state index < -0.39 is 17.0 Å². The number of carboxylic acid groups (broad SMARTS) is 1. The molecule has 5 nitrogen and oxygen atoms in total. The number of aromatic nitrogens is 1. The Morgan fingerprint density at radius 3 is 2.89 bits per heavy atom. The van der Waals surface area contributed by atoms with Gasteiger partial charge in [0.2, 0.25) is 0 Å². The fraction of sp³-hybridized carbons (Fsp3) is 0.609. The Hall–Kier alpha value is -1.85. The lowest BCUT2D eigenvalue weighted by atomic mass is 9.36. The molecular weight excluding hydrogens is 354 g/mol. The summed E-state index contributed by atoms with van der Waals surface area (Å²) >= 11 is 0. The normalized spacial score (nSPS) is 47.2. The summed E-state index contributed by atoms with van der Waals surface area (Å²) in [4.78, 5) is 17.3. The van der Waals surface area contributed by atoms with E-state index >= 15 is 0 Å². The molecule has 5 aliphatic carbocycles. The van der Waals surface area contributed by atoms with Gasteiger partial charge in [-0.05, 0) is 54.9 Å². The molecule has 0 aliphatic heterocycles. The van der Waals surface area contributed by atoms with Crippen LogP contribution in [0.25, 0.3) is 0 Å². The van der Waals surface area contributed by atoms with E-state index in [0.717, 1.165) is 48.9 Å². The number of nitrogens with zero attached hydrogens (tertiary/aromatic N) is 1. The number of fused-ring (bicyclic) bond motifs is 1. The van der Waals surface area contributed by atoms with Crippen LogP contribution in [0.3, 0.4) is 0 Å².